The molecular weight excluding hydrogens is 226 g/mol. The Morgan fingerprint density at radius 1 is 1.50 bits per heavy atom. The highest BCUT2D eigenvalue weighted by molar-refractivity contribution is 5.09. The van der Waals surface area contributed by atoms with Gasteiger partial charge in [0.05, 0.1) is 6.61 Å². The van der Waals surface area contributed by atoms with Crippen LogP contribution < -0.4 is 5.73 Å². The van der Waals surface area contributed by atoms with E-state index in [0.717, 1.165) is 39.1 Å². The molecule has 18 heavy (non-hydrogen) atoms. The summed E-state index contributed by atoms with van der Waals surface area (Å²) < 4.78 is 5.38. The van der Waals surface area contributed by atoms with Crippen molar-refractivity contribution in [1.29, 1.82) is 0 Å². The average molecular weight is 249 g/mol. The van der Waals surface area contributed by atoms with Gasteiger partial charge in [0.2, 0.25) is 0 Å². The molecule has 1 aromatic rings. The maximum atomic E-state index is 6.22. The molecule has 4 nitrogen and oxygen atoms in total. The third-order valence-electron chi connectivity index (χ3n) is 3.62. The quantitative estimate of drug-likeness (QED) is 0.814. The molecule has 0 spiro atoms. The van der Waals surface area contributed by atoms with E-state index in [2.05, 4.69) is 29.1 Å². The van der Waals surface area contributed by atoms with Gasteiger partial charge in [-0.2, -0.15) is 0 Å². The van der Waals surface area contributed by atoms with Crippen molar-refractivity contribution in [3.8, 4) is 0 Å². The topological polar surface area (TPSA) is 51.4 Å². The normalized spacial score (nSPS) is 21.4. The van der Waals surface area contributed by atoms with Gasteiger partial charge < -0.3 is 15.4 Å². The predicted molar refractivity (Wildman–Crippen MR) is 72.3 cm³/mol. The van der Waals surface area contributed by atoms with Crippen LogP contribution in [0, 0.1) is 5.92 Å². The van der Waals surface area contributed by atoms with Gasteiger partial charge in [-0.05, 0) is 37.6 Å². The number of ether oxygens (including phenoxy) is 1. The maximum absolute atomic E-state index is 6.22. The smallest absolute Gasteiger partial charge is 0.0510 e. The van der Waals surface area contributed by atoms with E-state index >= 15 is 0 Å². The molecule has 1 aromatic heterocycles. The number of rotatable bonds is 6. The first kappa shape index (κ1) is 13.5. The van der Waals surface area contributed by atoms with Crippen molar-refractivity contribution >= 4 is 0 Å². The molecule has 1 aliphatic heterocycles. The van der Waals surface area contributed by atoms with Gasteiger partial charge in [0.1, 0.15) is 0 Å². The average Bonchev–Trinajstić information content (AvgIpc) is 2.91. The summed E-state index contributed by atoms with van der Waals surface area (Å²) in [4.78, 5) is 6.33. The molecule has 0 bridgehead atoms. The lowest BCUT2D eigenvalue weighted by Crippen LogP contribution is -2.41. The number of hydrogen-bond donors (Lipinski definition) is 1. The van der Waals surface area contributed by atoms with Crippen LogP contribution in [0.2, 0.25) is 0 Å². The fourth-order valence-corrected chi connectivity index (χ4v) is 2.36. The summed E-state index contributed by atoms with van der Waals surface area (Å²) in [6, 6.07) is 4.37. The van der Waals surface area contributed by atoms with Crippen molar-refractivity contribution in [1.82, 2.24) is 9.88 Å². The van der Waals surface area contributed by atoms with Crippen molar-refractivity contribution in [2.45, 2.75) is 18.9 Å². The van der Waals surface area contributed by atoms with E-state index in [0.29, 0.717) is 5.92 Å². The molecule has 1 aliphatic rings. The van der Waals surface area contributed by atoms with Crippen LogP contribution in [-0.4, -0.2) is 49.3 Å². The van der Waals surface area contributed by atoms with E-state index in [1.807, 2.05) is 12.4 Å². The zero-order valence-corrected chi connectivity index (χ0v) is 11.1. The van der Waals surface area contributed by atoms with Gasteiger partial charge in [-0.3, -0.25) is 4.98 Å². The molecule has 1 fully saturated rings. The van der Waals surface area contributed by atoms with Crippen molar-refractivity contribution in [3.05, 3.63) is 30.1 Å². The highest BCUT2D eigenvalue weighted by Gasteiger charge is 2.23. The molecule has 4 heteroatoms. The first-order valence-corrected chi connectivity index (χ1v) is 6.66. The Kier molecular flexibility index (Phi) is 5.11. The lowest BCUT2D eigenvalue weighted by molar-refractivity contribution is 0.174. The minimum Gasteiger partial charge on any atom is -0.381 e. The maximum Gasteiger partial charge on any atom is 0.0510 e. The Labute approximate surface area is 109 Å². The molecule has 0 amide bonds. The summed E-state index contributed by atoms with van der Waals surface area (Å²) in [5.74, 6) is 0.536. The minimum absolute atomic E-state index is 0.231. The van der Waals surface area contributed by atoms with Crippen molar-refractivity contribution < 1.29 is 4.74 Å². The Bertz CT molecular complexity index is 338. The zero-order chi connectivity index (χ0) is 12.8. The molecule has 0 radical (unpaired) electrons. The van der Waals surface area contributed by atoms with Gasteiger partial charge in [0, 0.05) is 44.0 Å². The summed E-state index contributed by atoms with van der Waals surface area (Å²) in [5, 5.41) is 0. The van der Waals surface area contributed by atoms with E-state index in [1.54, 1.807) is 0 Å². The standard InChI is InChI=1S/C14H23N3O/c1-17(8-4-12-2-6-16-7-3-12)10-14(15)13-5-9-18-11-13/h2-3,6-7,13-14H,4-5,8-11,15H2,1H3. The summed E-state index contributed by atoms with van der Waals surface area (Å²) in [6.07, 6.45) is 5.85. The fraction of sp³-hybridized carbons (Fsp3) is 0.643. The Balaban J connectivity index is 1.70. The summed E-state index contributed by atoms with van der Waals surface area (Å²) in [6.45, 7) is 3.68. The highest BCUT2D eigenvalue weighted by atomic mass is 16.5. The molecular formula is C14H23N3O. The third kappa shape index (κ3) is 4.05. The van der Waals surface area contributed by atoms with Crippen LogP contribution in [0.4, 0.5) is 0 Å². The summed E-state index contributed by atoms with van der Waals surface area (Å²) in [5.41, 5.74) is 7.55. The lowest BCUT2D eigenvalue weighted by Gasteiger charge is -2.24. The van der Waals surface area contributed by atoms with Crippen LogP contribution in [0.3, 0.4) is 0 Å². The highest BCUT2D eigenvalue weighted by Crippen LogP contribution is 2.15. The van der Waals surface area contributed by atoms with E-state index in [9.17, 15) is 0 Å². The molecule has 2 N–H and O–H groups in total. The van der Waals surface area contributed by atoms with Gasteiger partial charge in [-0.25, -0.2) is 0 Å². The van der Waals surface area contributed by atoms with E-state index in [4.69, 9.17) is 10.5 Å². The van der Waals surface area contributed by atoms with Gasteiger partial charge in [0.15, 0.2) is 0 Å². The van der Waals surface area contributed by atoms with Gasteiger partial charge in [-0.1, -0.05) is 0 Å². The van der Waals surface area contributed by atoms with Crippen LogP contribution in [0.25, 0.3) is 0 Å². The fourth-order valence-electron chi connectivity index (χ4n) is 2.36. The number of likely N-dealkylation sites (N-methyl/N-ethyl adjacent to an activating group) is 1. The van der Waals surface area contributed by atoms with E-state index < -0.39 is 0 Å². The first-order chi connectivity index (χ1) is 8.75. The second kappa shape index (κ2) is 6.83. The SMILES string of the molecule is CN(CCc1ccncc1)CC(N)C1CCOC1. The first-order valence-electron chi connectivity index (χ1n) is 6.66. The Hall–Kier alpha value is -0.970. The number of hydrogen-bond acceptors (Lipinski definition) is 4. The minimum atomic E-state index is 0.231. The molecule has 1 saturated heterocycles. The third-order valence-corrected chi connectivity index (χ3v) is 3.62. The van der Waals surface area contributed by atoms with Crippen LogP contribution in [0.5, 0.6) is 0 Å². The summed E-state index contributed by atoms with van der Waals surface area (Å²) in [7, 11) is 2.14. The Morgan fingerprint density at radius 2 is 2.28 bits per heavy atom. The van der Waals surface area contributed by atoms with Crippen LogP contribution >= 0.6 is 0 Å². The van der Waals surface area contributed by atoms with E-state index in [-0.39, 0.29) is 6.04 Å². The molecule has 0 saturated carbocycles. The lowest BCUT2D eigenvalue weighted by atomic mass is 9.99. The largest absolute Gasteiger partial charge is 0.381 e. The monoisotopic (exact) mass is 249 g/mol. The van der Waals surface area contributed by atoms with Crippen molar-refractivity contribution in [2.24, 2.45) is 11.7 Å². The van der Waals surface area contributed by atoms with E-state index in [1.165, 1.54) is 5.56 Å². The Morgan fingerprint density at radius 3 is 2.94 bits per heavy atom. The molecule has 100 valence electrons. The number of nitrogens with two attached hydrogens (primary N) is 1. The molecule has 2 rings (SSSR count). The number of nitrogens with zero attached hydrogens (tertiary/aromatic N) is 2. The van der Waals surface area contributed by atoms with Crippen molar-refractivity contribution in [2.75, 3.05) is 33.4 Å². The zero-order valence-electron chi connectivity index (χ0n) is 11.1. The predicted octanol–water partition coefficient (Wildman–Crippen LogP) is 0.920. The molecule has 0 aromatic carbocycles. The van der Waals surface area contributed by atoms with Crippen LogP contribution in [0.1, 0.15) is 12.0 Å². The number of pyridine rings is 1. The molecule has 2 atom stereocenters. The molecule has 2 unspecified atom stereocenters. The second-order valence-corrected chi connectivity index (χ2v) is 5.16. The van der Waals surface area contributed by atoms with Gasteiger partial charge in [0.25, 0.3) is 0 Å². The van der Waals surface area contributed by atoms with Crippen molar-refractivity contribution in [3.63, 3.8) is 0 Å². The summed E-state index contributed by atoms with van der Waals surface area (Å²) >= 11 is 0. The number of aromatic nitrogens is 1. The van der Waals surface area contributed by atoms with Crippen LogP contribution in [0.15, 0.2) is 24.5 Å². The second-order valence-electron chi connectivity index (χ2n) is 5.16. The van der Waals surface area contributed by atoms with Gasteiger partial charge >= 0.3 is 0 Å². The van der Waals surface area contributed by atoms with Crippen LogP contribution in [-0.2, 0) is 11.2 Å². The molecule has 2 heterocycles. The van der Waals surface area contributed by atoms with Gasteiger partial charge in [-0.15, -0.1) is 0 Å². The molecule has 0 aliphatic carbocycles.